The van der Waals surface area contributed by atoms with Gasteiger partial charge in [0.05, 0.1) is 22.1 Å². The number of rotatable bonds is 4. The van der Waals surface area contributed by atoms with Crippen molar-refractivity contribution in [1.82, 2.24) is 15.4 Å². The topological polar surface area (TPSA) is 147 Å². The minimum Gasteiger partial charge on any atom is -0.548 e. The SMILES string of the molecule is Cc1onc(-c2c(Cl)cccc2Cl)c1C(=O)N[C@@H]1C(=O)N2C(C(=O)[O-])C(C)(C)S[C@H]12.O.[Na+]. The van der Waals surface area contributed by atoms with E-state index in [9.17, 15) is 19.5 Å². The number of amides is 2. The van der Waals surface area contributed by atoms with Crippen LogP contribution in [0.2, 0.25) is 10.0 Å². The summed E-state index contributed by atoms with van der Waals surface area (Å²) in [6.45, 7) is 5.01. The quantitative estimate of drug-likeness (QED) is 0.371. The number of aromatic nitrogens is 1. The number of carbonyl (C=O) groups is 3. The molecule has 0 spiro atoms. The number of carboxylic acid groups (broad SMARTS) is 1. The predicted molar refractivity (Wildman–Crippen MR) is 113 cm³/mol. The number of benzene rings is 1. The summed E-state index contributed by atoms with van der Waals surface area (Å²) in [7, 11) is 0. The van der Waals surface area contributed by atoms with Gasteiger partial charge in [-0.15, -0.1) is 11.8 Å². The maximum atomic E-state index is 13.1. The zero-order chi connectivity index (χ0) is 22.0. The van der Waals surface area contributed by atoms with Gasteiger partial charge in [-0.2, -0.15) is 0 Å². The molecule has 166 valence electrons. The Balaban J connectivity index is 0.00000181. The third-order valence-corrected chi connectivity index (χ3v) is 7.44. The van der Waals surface area contributed by atoms with E-state index in [1.54, 1.807) is 39.0 Å². The standard InChI is InChI=1S/C19H17Cl2N3O5S.Na.H2O/c1-7-10(12(23-29-7)11-8(20)5-4-6-9(11)21)15(25)22-13-16(26)24-14(18(27)28)19(2,3)30-17(13)24;;/h4-6,13-14,17H,1-3H3,(H,22,25)(H,27,28);;1H2/q;+1;/p-1/t13-,14?,17-;;/m1../s1. The number of hydrogen-bond acceptors (Lipinski definition) is 7. The first-order chi connectivity index (χ1) is 14.0. The first-order valence-corrected chi connectivity index (χ1v) is 10.6. The number of carbonyl (C=O) groups excluding carboxylic acids is 3. The molecule has 2 amide bonds. The number of β-lactam (4-membered cyclic amide) rings is 1. The first kappa shape index (κ1) is 27.0. The zero-order valence-corrected chi connectivity index (χ0v) is 21.9. The molecule has 2 aliphatic rings. The molecule has 3 heterocycles. The summed E-state index contributed by atoms with van der Waals surface area (Å²) in [5.41, 5.74) is 0.615. The van der Waals surface area contributed by atoms with Crippen LogP contribution in [-0.4, -0.2) is 55.5 Å². The fourth-order valence-corrected chi connectivity index (χ4v) is 6.07. The molecule has 3 N–H and O–H groups in total. The molecule has 32 heavy (non-hydrogen) atoms. The van der Waals surface area contributed by atoms with Crippen molar-refractivity contribution >= 4 is 52.7 Å². The number of thioether (sulfide) groups is 1. The molecular weight excluding hydrogens is 492 g/mol. The molecule has 2 aliphatic heterocycles. The van der Waals surface area contributed by atoms with Gasteiger partial charge in [-0.3, -0.25) is 9.59 Å². The molecule has 2 saturated heterocycles. The smallest absolute Gasteiger partial charge is 0.548 e. The number of nitrogens with zero attached hydrogens (tertiary/aromatic N) is 2. The van der Waals surface area contributed by atoms with Crippen molar-refractivity contribution in [2.24, 2.45) is 0 Å². The summed E-state index contributed by atoms with van der Waals surface area (Å²) < 4.78 is 4.45. The zero-order valence-electron chi connectivity index (χ0n) is 17.6. The predicted octanol–water partition coefficient (Wildman–Crippen LogP) is -1.95. The van der Waals surface area contributed by atoms with Gasteiger partial charge in [0.2, 0.25) is 5.91 Å². The number of aryl methyl sites for hydroxylation is 1. The minimum absolute atomic E-state index is 0. The second-order valence-corrected chi connectivity index (χ2v) is 10.2. The van der Waals surface area contributed by atoms with Gasteiger partial charge in [0.1, 0.15) is 28.4 Å². The Bertz CT molecular complexity index is 1070. The molecule has 1 unspecified atom stereocenters. The summed E-state index contributed by atoms with van der Waals surface area (Å²) in [6, 6.07) is 2.94. The first-order valence-electron chi connectivity index (χ1n) is 8.97. The monoisotopic (exact) mass is 509 g/mol. The molecule has 9 nitrogen and oxygen atoms in total. The maximum Gasteiger partial charge on any atom is 1.00 e. The summed E-state index contributed by atoms with van der Waals surface area (Å²) >= 11 is 13.8. The van der Waals surface area contributed by atoms with E-state index in [0.29, 0.717) is 15.6 Å². The largest absolute Gasteiger partial charge is 1.00 e. The summed E-state index contributed by atoms with van der Waals surface area (Å²) in [5.74, 6) is -2.16. The molecule has 4 rings (SSSR count). The molecule has 0 bridgehead atoms. The van der Waals surface area contributed by atoms with E-state index >= 15 is 0 Å². The third kappa shape index (κ3) is 4.18. The molecular formula is C19H18Cl2N3NaO6S. The average molecular weight is 510 g/mol. The molecule has 0 radical (unpaired) electrons. The van der Waals surface area contributed by atoms with Crippen molar-refractivity contribution in [2.75, 3.05) is 0 Å². The molecule has 13 heteroatoms. The number of aliphatic carboxylic acids is 1. The van der Waals surface area contributed by atoms with E-state index in [4.69, 9.17) is 27.7 Å². The van der Waals surface area contributed by atoms with E-state index in [1.807, 2.05) is 0 Å². The van der Waals surface area contributed by atoms with Crippen LogP contribution in [0.4, 0.5) is 0 Å². The van der Waals surface area contributed by atoms with Crippen molar-refractivity contribution in [3.05, 3.63) is 39.6 Å². The number of hydrogen-bond donors (Lipinski definition) is 1. The molecule has 1 aromatic heterocycles. The molecule has 2 fully saturated rings. The van der Waals surface area contributed by atoms with Crippen LogP contribution in [0.15, 0.2) is 22.7 Å². The second kappa shape index (κ2) is 9.54. The maximum absolute atomic E-state index is 13.1. The normalized spacial score (nSPS) is 22.8. The number of fused-ring (bicyclic) bond motifs is 1. The third-order valence-electron chi connectivity index (χ3n) is 5.24. The number of carboxylic acids is 1. The van der Waals surface area contributed by atoms with Gasteiger partial charge in [-0.1, -0.05) is 34.4 Å². The van der Waals surface area contributed by atoms with Gasteiger partial charge in [0, 0.05) is 10.3 Å². The van der Waals surface area contributed by atoms with Crippen LogP contribution >= 0.6 is 35.0 Å². The van der Waals surface area contributed by atoms with Crippen LogP contribution in [0.25, 0.3) is 11.3 Å². The summed E-state index contributed by atoms with van der Waals surface area (Å²) in [6.07, 6.45) is 0. The van der Waals surface area contributed by atoms with Gasteiger partial charge >= 0.3 is 29.6 Å². The van der Waals surface area contributed by atoms with Crippen LogP contribution in [0.1, 0.15) is 30.0 Å². The van der Waals surface area contributed by atoms with Crippen LogP contribution in [0.5, 0.6) is 0 Å². The van der Waals surface area contributed by atoms with Gasteiger partial charge in [-0.05, 0) is 32.9 Å². The van der Waals surface area contributed by atoms with Gasteiger partial charge in [-0.25, -0.2) is 0 Å². The average Bonchev–Trinajstić information content (AvgIpc) is 3.14. The van der Waals surface area contributed by atoms with E-state index in [2.05, 4.69) is 10.5 Å². The fourth-order valence-electron chi connectivity index (χ4n) is 3.87. The Morgan fingerprint density at radius 1 is 1.28 bits per heavy atom. The van der Waals surface area contributed by atoms with Crippen molar-refractivity contribution in [3.63, 3.8) is 0 Å². The van der Waals surface area contributed by atoms with Gasteiger partial charge in [0.15, 0.2) is 0 Å². The van der Waals surface area contributed by atoms with Crippen LogP contribution < -0.4 is 40.0 Å². The van der Waals surface area contributed by atoms with Crippen molar-refractivity contribution in [2.45, 2.75) is 43.0 Å². The fraction of sp³-hybridized carbons (Fsp3) is 0.368. The molecule has 2 aromatic rings. The van der Waals surface area contributed by atoms with Crippen molar-refractivity contribution < 1.29 is 59.0 Å². The Kier molecular flexibility index (Phi) is 8.04. The molecule has 0 aliphatic carbocycles. The van der Waals surface area contributed by atoms with E-state index < -0.39 is 40.0 Å². The Hall–Kier alpha value is -1.27. The van der Waals surface area contributed by atoms with Gasteiger partial charge in [0.25, 0.3) is 5.91 Å². The molecule has 1 aromatic carbocycles. The number of nitrogens with one attached hydrogen (secondary N) is 1. The molecule has 3 atom stereocenters. The van der Waals surface area contributed by atoms with E-state index in [0.717, 1.165) is 0 Å². The van der Waals surface area contributed by atoms with Crippen LogP contribution in [-0.2, 0) is 9.59 Å². The van der Waals surface area contributed by atoms with Gasteiger partial charge < -0.3 is 30.1 Å². The van der Waals surface area contributed by atoms with Crippen LogP contribution in [0, 0.1) is 6.92 Å². The van der Waals surface area contributed by atoms with Crippen molar-refractivity contribution in [3.8, 4) is 11.3 Å². The molecule has 0 saturated carbocycles. The Morgan fingerprint density at radius 2 is 1.88 bits per heavy atom. The van der Waals surface area contributed by atoms with E-state index in [1.165, 1.54) is 16.7 Å². The second-order valence-electron chi connectivity index (χ2n) is 7.59. The van der Waals surface area contributed by atoms with Crippen molar-refractivity contribution in [1.29, 1.82) is 0 Å². The minimum atomic E-state index is -1.32. The summed E-state index contributed by atoms with van der Waals surface area (Å²) in [4.78, 5) is 38.5. The number of halogens is 2. The Labute approximate surface area is 219 Å². The van der Waals surface area contributed by atoms with E-state index in [-0.39, 0.29) is 52.1 Å². The Morgan fingerprint density at radius 3 is 2.44 bits per heavy atom. The summed E-state index contributed by atoms with van der Waals surface area (Å²) in [5, 5.41) is 18.2. The van der Waals surface area contributed by atoms with Crippen LogP contribution in [0.3, 0.4) is 0 Å².